The van der Waals surface area contributed by atoms with Crippen LogP contribution in [0, 0.1) is 20.8 Å². The molecule has 0 unspecified atom stereocenters. The number of nitrogens with zero attached hydrogens (tertiary/aromatic N) is 2. The number of anilines is 1. The second-order valence-electron chi connectivity index (χ2n) is 5.21. The van der Waals surface area contributed by atoms with Crippen molar-refractivity contribution in [2.75, 3.05) is 11.9 Å². The molecule has 2 aromatic rings. The monoisotopic (exact) mass is 332 g/mol. The molecule has 0 aliphatic heterocycles. The number of aryl methyl sites for hydroxylation is 3. The summed E-state index contributed by atoms with van der Waals surface area (Å²) in [4.78, 5) is 21.2. The van der Waals surface area contributed by atoms with Crippen LogP contribution in [0.5, 0.6) is 0 Å². The Morgan fingerprint density at radius 3 is 2.65 bits per heavy atom. The number of hydrogen-bond acceptors (Lipinski definition) is 5. The van der Waals surface area contributed by atoms with Crippen LogP contribution in [0.3, 0.4) is 0 Å². The van der Waals surface area contributed by atoms with Gasteiger partial charge in [-0.15, -0.1) is 11.3 Å². The second kappa shape index (κ2) is 7.73. The number of hydrogen-bond donors (Lipinski definition) is 2. The van der Waals surface area contributed by atoms with Gasteiger partial charge >= 0.3 is 0 Å². The van der Waals surface area contributed by atoms with Crippen molar-refractivity contribution < 1.29 is 9.63 Å². The molecular weight excluding hydrogens is 312 g/mol. The first-order chi connectivity index (χ1) is 11.0. The van der Waals surface area contributed by atoms with Gasteiger partial charge in [0.1, 0.15) is 5.84 Å². The van der Waals surface area contributed by atoms with E-state index >= 15 is 0 Å². The molecule has 3 N–H and O–H groups in total. The first kappa shape index (κ1) is 17.0. The van der Waals surface area contributed by atoms with Gasteiger partial charge in [-0.25, -0.2) is 4.98 Å². The molecule has 0 aliphatic carbocycles. The van der Waals surface area contributed by atoms with E-state index in [9.17, 15) is 4.79 Å². The van der Waals surface area contributed by atoms with Crippen LogP contribution >= 0.6 is 11.3 Å². The van der Waals surface area contributed by atoms with Crippen molar-refractivity contribution in [3.8, 4) is 0 Å². The maximum atomic E-state index is 11.9. The summed E-state index contributed by atoms with van der Waals surface area (Å²) in [6, 6.07) is 5.83. The van der Waals surface area contributed by atoms with Gasteiger partial charge in [-0.3, -0.25) is 4.79 Å². The average Bonchev–Trinajstić information content (AvgIpc) is 2.88. The summed E-state index contributed by atoms with van der Waals surface area (Å²) < 4.78 is 0. The molecule has 0 bridgehead atoms. The van der Waals surface area contributed by atoms with Gasteiger partial charge in [0.05, 0.1) is 17.1 Å². The van der Waals surface area contributed by atoms with Gasteiger partial charge in [0.25, 0.3) is 5.91 Å². The number of para-hydroxylation sites is 1. The Morgan fingerprint density at radius 1 is 1.35 bits per heavy atom. The number of thiazole rings is 1. The molecule has 7 heteroatoms. The van der Waals surface area contributed by atoms with Crippen molar-refractivity contribution in [1.29, 1.82) is 0 Å². The molecule has 0 radical (unpaired) electrons. The first-order valence-corrected chi connectivity index (χ1v) is 8.05. The van der Waals surface area contributed by atoms with Crippen LogP contribution in [0.2, 0.25) is 0 Å². The van der Waals surface area contributed by atoms with Crippen molar-refractivity contribution in [1.82, 2.24) is 4.98 Å². The Hall–Kier alpha value is -2.41. The largest absolute Gasteiger partial charge is 0.384 e. The van der Waals surface area contributed by atoms with Gasteiger partial charge in [-0.05, 0) is 31.9 Å². The number of nitrogens with one attached hydrogen (secondary N) is 1. The lowest BCUT2D eigenvalue weighted by Crippen LogP contribution is -2.20. The zero-order valence-corrected chi connectivity index (χ0v) is 14.2. The maximum Gasteiger partial charge on any atom is 0.265 e. The van der Waals surface area contributed by atoms with E-state index in [0.717, 1.165) is 27.5 Å². The molecule has 2 rings (SSSR count). The summed E-state index contributed by atoms with van der Waals surface area (Å²) in [5.41, 5.74) is 9.41. The lowest BCUT2D eigenvalue weighted by Gasteiger charge is -2.10. The third-order valence-corrected chi connectivity index (χ3v) is 3.97. The van der Waals surface area contributed by atoms with Crippen LogP contribution in [0.1, 0.15) is 21.8 Å². The summed E-state index contributed by atoms with van der Waals surface area (Å²) in [6.45, 7) is 5.62. The first-order valence-electron chi connectivity index (χ1n) is 7.17. The number of benzene rings is 1. The number of oxime groups is 1. The third-order valence-electron chi connectivity index (χ3n) is 3.15. The molecule has 0 fully saturated rings. The van der Waals surface area contributed by atoms with Crippen LogP contribution in [0.15, 0.2) is 28.7 Å². The Balaban J connectivity index is 1.83. The summed E-state index contributed by atoms with van der Waals surface area (Å²) in [5, 5.41) is 9.47. The zero-order chi connectivity index (χ0) is 16.8. The van der Waals surface area contributed by atoms with E-state index in [1.807, 2.05) is 44.4 Å². The minimum atomic E-state index is -0.275. The number of carbonyl (C=O) groups excluding carboxylic acids is 1. The van der Waals surface area contributed by atoms with E-state index in [2.05, 4.69) is 15.5 Å². The Labute approximate surface area is 139 Å². The zero-order valence-electron chi connectivity index (χ0n) is 13.4. The van der Waals surface area contributed by atoms with Gasteiger partial charge in [0.2, 0.25) is 0 Å². The van der Waals surface area contributed by atoms with E-state index in [4.69, 9.17) is 10.6 Å². The van der Waals surface area contributed by atoms with Gasteiger partial charge in [-0.1, -0.05) is 23.4 Å². The summed E-state index contributed by atoms with van der Waals surface area (Å²) in [5.74, 6) is 0.0126. The Bertz CT molecular complexity index is 704. The highest BCUT2D eigenvalue weighted by atomic mass is 32.1. The van der Waals surface area contributed by atoms with E-state index in [1.54, 1.807) is 11.3 Å². The fraction of sp³-hybridized carbons (Fsp3) is 0.312. The maximum absolute atomic E-state index is 11.9. The van der Waals surface area contributed by atoms with Crippen LogP contribution in [0.4, 0.5) is 5.69 Å². The molecule has 1 heterocycles. The fourth-order valence-electron chi connectivity index (χ4n) is 2.07. The minimum absolute atomic E-state index is 0.190. The van der Waals surface area contributed by atoms with E-state index in [0.29, 0.717) is 6.42 Å². The van der Waals surface area contributed by atoms with Gasteiger partial charge in [-0.2, -0.15) is 0 Å². The van der Waals surface area contributed by atoms with Crippen molar-refractivity contribution >= 4 is 28.8 Å². The summed E-state index contributed by atoms with van der Waals surface area (Å²) >= 11 is 1.55. The van der Waals surface area contributed by atoms with Crippen LogP contribution in [-0.2, 0) is 16.1 Å². The normalized spacial score (nSPS) is 11.3. The predicted molar refractivity (Wildman–Crippen MR) is 92.7 cm³/mol. The molecule has 1 amide bonds. The number of carbonyl (C=O) groups is 1. The molecule has 0 saturated carbocycles. The topological polar surface area (TPSA) is 89.6 Å². The molecule has 0 saturated heterocycles. The SMILES string of the molecule is Cc1nc(CC(N)=NOCC(=O)Nc2c(C)cccc2C)cs1. The third kappa shape index (κ3) is 5.07. The number of rotatable bonds is 6. The van der Waals surface area contributed by atoms with Gasteiger partial charge in [0.15, 0.2) is 6.61 Å². The fourth-order valence-corrected chi connectivity index (χ4v) is 2.68. The molecule has 6 nitrogen and oxygen atoms in total. The smallest absolute Gasteiger partial charge is 0.265 e. The van der Waals surface area contributed by atoms with E-state index in [-0.39, 0.29) is 18.3 Å². The standard InChI is InChI=1S/C16H20N4O2S/c1-10-5-4-6-11(2)16(10)19-15(21)8-22-20-14(17)7-13-9-23-12(3)18-13/h4-6,9H,7-8H2,1-3H3,(H2,17,20)(H,19,21). The molecule has 0 atom stereocenters. The molecule has 1 aromatic carbocycles. The molecule has 1 aromatic heterocycles. The van der Waals surface area contributed by atoms with Crippen LogP contribution < -0.4 is 11.1 Å². The highest BCUT2D eigenvalue weighted by Crippen LogP contribution is 2.19. The second-order valence-corrected chi connectivity index (χ2v) is 6.27. The van der Waals surface area contributed by atoms with Crippen molar-refractivity contribution in [2.45, 2.75) is 27.2 Å². The highest BCUT2D eigenvalue weighted by Gasteiger charge is 2.08. The lowest BCUT2D eigenvalue weighted by atomic mass is 10.1. The molecule has 122 valence electrons. The van der Waals surface area contributed by atoms with Crippen LogP contribution in [-0.4, -0.2) is 23.3 Å². The summed E-state index contributed by atoms with van der Waals surface area (Å²) in [7, 11) is 0. The summed E-state index contributed by atoms with van der Waals surface area (Å²) in [6.07, 6.45) is 0.406. The van der Waals surface area contributed by atoms with Crippen molar-refractivity contribution in [3.63, 3.8) is 0 Å². The molecule has 0 aliphatic rings. The Kier molecular flexibility index (Phi) is 5.70. The molecular formula is C16H20N4O2S. The van der Waals surface area contributed by atoms with Crippen LogP contribution in [0.25, 0.3) is 0 Å². The van der Waals surface area contributed by atoms with E-state index < -0.39 is 0 Å². The minimum Gasteiger partial charge on any atom is -0.384 e. The van der Waals surface area contributed by atoms with Crippen molar-refractivity contribution in [2.24, 2.45) is 10.9 Å². The number of amidine groups is 1. The lowest BCUT2D eigenvalue weighted by molar-refractivity contribution is -0.120. The van der Waals surface area contributed by atoms with Gasteiger partial charge < -0.3 is 15.9 Å². The number of amides is 1. The van der Waals surface area contributed by atoms with Crippen molar-refractivity contribution in [3.05, 3.63) is 45.4 Å². The molecule has 23 heavy (non-hydrogen) atoms. The number of nitrogens with two attached hydrogens (primary N) is 1. The molecule has 0 spiro atoms. The Morgan fingerprint density at radius 2 is 2.04 bits per heavy atom. The van der Waals surface area contributed by atoms with E-state index in [1.165, 1.54) is 0 Å². The predicted octanol–water partition coefficient (Wildman–Crippen LogP) is 2.54. The quantitative estimate of drug-likeness (QED) is 0.483. The van der Waals surface area contributed by atoms with Gasteiger partial charge in [0, 0.05) is 11.1 Å². The average molecular weight is 332 g/mol. The number of aromatic nitrogens is 1. The highest BCUT2D eigenvalue weighted by molar-refractivity contribution is 7.09.